The Hall–Kier alpha value is -1.79. The molecule has 18 heavy (non-hydrogen) atoms. The first kappa shape index (κ1) is 16.2. The minimum Gasteiger partial charge on any atom is -0.480 e. The maximum Gasteiger partial charge on any atom is 0.328 e. The number of nitrogens with one attached hydrogen (secondary N) is 1. The molecule has 0 rings (SSSR count). The highest BCUT2D eigenvalue weighted by Crippen LogP contribution is 1.96. The molecule has 0 aliphatic rings. The number of esters is 1. The molecule has 0 bridgehead atoms. The van der Waals surface area contributed by atoms with Gasteiger partial charge in [0.1, 0.15) is 12.6 Å². The molecule has 0 fully saturated rings. The summed E-state index contributed by atoms with van der Waals surface area (Å²) in [7, 11) is 0. The minimum atomic E-state index is -1.10. The largest absolute Gasteiger partial charge is 0.480 e. The molecule has 104 valence electrons. The molecule has 0 aromatic rings. The van der Waals surface area contributed by atoms with Crippen molar-refractivity contribution in [1.82, 2.24) is 10.2 Å². The van der Waals surface area contributed by atoms with Crippen LogP contribution in [0.25, 0.3) is 0 Å². The molecule has 0 aromatic carbocycles. The van der Waals surface area contributed by atoms with E-state index >= 15 is 0 Å². The van der Waals surface area contributed by atoms with Crippen LogP contribution in [0.15, 0.2) is 0 Å². The topological polar surface area (TPSA) is 95.9 Å². The first-order valence-electron chi connectivity index (χ1n) is 5.86. The van der Waals surface area contributed by atoms with Crippen molar-refractivity contribution in [2.24, 2.45) is 0 Å². The maximum absolute atomic E-state index is 11.7. The van der Waals surface area contributed by atoms with Gasteiger partial charge in [0.05, 0.1) is 6.61 Å². The van der Waals surface area contributed by atoms with E-state index < -0.39 is 30.6 Å². The molecule has 1 unspecified atom stereocenters. The molecule has 7 nitrogen and oxygen atoms in total. The second-order valence-corrected chi connectivity index (χ2v) is 3.74. The standard InChI is InChI=1S/C11H20N2O5/c1-4-6-13(7-9(14)15)11(17)12-8(3)10(16)18-5-2/h8H,4-7H2,1-3H3,(H,12,17)(H,14,15). The van der Waals surface area contributed by atoms with Gasteiger partial charge in [-0.3, -0.25) is 4.79 Å². The van der Waals surface area contributed by atoms with E-state index in [0.717, 1.165) is 4.90 Å². The Kier molecular flexibility index (Phi) is 7.50. The van der Waals surface area contributed by atoms with Gasteiger partial charge in [0.25, 0.3) is 0 Å². The van der Waals surface area contributed by atoms with Gasteiger partial charge in [0.15, 0.2) is 0 Å². The van der Waals surface area contributed by atoms with E-state index in [-0.39, 0.29) is 6.61 Å². The maximum atomic E-state index is 11.7. The Bertz CT molecular complexity index is 306. The third kappa shape index (κ3) is 6.07. The number of rotatable bonds is 7. The van der Waals surface area contributed by atoms with Crippen molar-refractivity contribution < 1.29 is 24.2 Å². The van der Waals surface area contributed by atoms with Crippen LogP contribution in [0.2, 0.25) is 0 Å². The average Bonchev–Trinajstić information content (AvgIpc) is 2.28. The smallest absolute Gasteiger partial charge is 0.328 e. The van der Waals surface area contributed by atoms with Gasteiger partial charge in [-0.25, -0.2) is 9.59 Å². The van der Waals surface area contributed by atoms with Crippen molar-refractivity contribution in [1.29, 1.82) is 0 Å². The van der Waals surface area contributed by atoms with Crippen LogP contribution in [0.4, 0.5) is 4.79 Å². The van der Waals surface area contributed by atoms with Gasteiger partial charge in [-0.1, -0.05) is 6.92 Å². The summed E-state index contributed by atoms with van der Waals surface area (Å²) in [5, 5.41) is 11.1. The third-order valence-corrected chi connectivity index (χ3v) is 2.09. The minimum absolute atomic E-state index is 0.229. The fourth-order valence-corrected chi connectivity index (χ4v) is 1.29. The highest BCUT2D eigenvalue weighted by Gasteiger charge is 2.21. The summed E-state index contributed by atoms with van der Waals surface area (Å²) < 4.78 is 4.74. The number of carboxylic acids is 1. The van der Waals surface area contributed by atoms with Gasteiger partial charge in [-0.2, -0.15) is 0 Å². The lowest BCUT2D eigenvalue weighted by molar-refractivity contribution is -0.144. The van der Waals surface area contributed by atoms with Crippen LogP contribution >= 0.6 is 0 Å². The third-order valence-electron chi connectivity index (χ3n) is 2.09. The number of nitrogens with zero attached hydrogens (tertiary/aromatic N) is 1. The molecule has 0 saturated heterocycles. The lowest BCUT2D eigenvalue weighted by Gasteiger charge is -2.22. The fourth-order valence-electron chi connectivity index (χ4n) is 1.29. The number of amides is 2. The van der Waals surface area contributed by atoms with Crippen molar-refractivity contribution >= 4 is 18.0 Å². The number of carbonyl (C=O) groups is 3. The van der Waals surface area contributed by atoms with Crippen molar-refractivity contribution in [2.75, 3.05) is 19.7 Å². The van der Waals surface area contributed by atoms with Crippen LogP contribution < -0.4 is 5.32 Å². The quantitative estimate of drug-likeness (QED) is 0.648. The summed E-state index contributed by atoms with van der Waals surface area (Å²) in [6.07, 6.45) is 0.633. The molecule has 2 N–H and O–H groups in total. The van der Waals surface area contributed by atoms with E-state index in [9.17, 15) is 14.4 Å². The van der Waals surface area contributed by atoms with Crippen molar-refractivity contribution in [3.05, 3.63) is 0 Å². The van der Waals surface area contributed by atoms with E-state index in [0.29, 0.717) is 13.0 Å². The Morgan fingerprint density at radius 3 is 2.39 bits per heavy atom. The Balaban J connectivity index is 4.40. The van der Waals surface area contributed by atoms with Gasteiger partial charge in [0.2, 0.25) is 0 Å². The van der Waals surface area contributed by atoms with Crippen LogP contribution in [0.5, 0.6) is 0 Å². The van der Waals surface area contributed by atoms with Crippen molar-refractivity contribution in [3.8, 4) is 0 Å². The lowest BCUT2D eigenvalue weighted by Crippen LogP contribution is -2.48. The van der Waals surface area contributed by atoms with Crippen LogP contribution in [0.1, 0.15) is 27.2 Å². The summed E-state index contributed by atoms with van der Waals surface area (Å²) in [6, 6.07) is -1.38. The van der Waals surface area contributed by atoms with Crippen molar-refractivity contribution in [3.63, 3.8) is 0 Å². The van der Waals surface area contributed by atoms with Gasteiger partial charge in [-0.15, -0.1) is 0 Å². The zero-order chi connectivity index (χ0) is 14.1. The van der Waals surface area contributed by atoms with Crippen LogP contribution in [0, 0.1) is 0 Å². The number of urea groups is 1. The predicted octanol–water partition coefficient (Wildman–Crippen LogP) is 0.444. The van der Waals surface area contributed by atoms with Gasteiger partial charge >= 0.3 is 18.0 Å². The first-order chi connectivity index (χ1) is 8.42. The summed E-state index contributed by atoms with van der Waals surface area (Å²) in [5.74, 6) is -1.64. The van der Waals surface area contributed by atoms with E-state index in [2.05, 4.69) is 5.32 Å². The number of hydrogen-bond acceptors (Lipinski definition) is 4. The number of aliphatic carboxylic acids is 1. The summed E-state index contributed by atoms with van der Waals surface area (Å²) in [4.78, 5) is 34.8. The number of ether oxygens (including phenoxy) is 1. The Morgan fingerprint density at radius 2 is 1.94 bits per heavy atom. The summed E-state index contributed by atoms with van der Waals surface area (Å²) in [5.41, 5.74) is 0. The van der Waals surface area contributed by atoms with E-state index in [1.54, 1.807) is 6.92 Å². The number of hydrogen-bond donors (Lipinski definition) is 2. The second-order valence-electron chi connectivity index (χ2n) is 3.74. The van der Waals surface area contributed by atoms with Crippen LogP contribution in [-0.2, 0) is 14.3 Å². The second kappa shape index (κ2) is 8.32. The highest BCUT2D eigenvalue weighted by molar-refractivity contribution is 5.85. The van der Waals surface area contributed by atoms with E-state index in [1.165, 1.54) is 6.92 Å². The molecule has 7 heteroatoms. The molecule has 0 radical (unpaired) electrons. The number of carbonyl (C=O) groups excluding carboxylic acids is 2. The normalized spacial score (nSPS) is 11.5. The molecule has 2 amide bonds. The van der Waals surface area contributed by atoms with Crippen LogP contribution in [-0.4, -0.2) is 53.7 Å². The van der Waals surface area contributed by atoms with Crippen LogP contribution in [0.3, 0.4) is 0 Å². The molecule has 0 aliphatic carbocycles. The van der Waals surface area contributed by atoms with E-state index in [1.807, 2.05) is 6.92 Å². The molecular weight excluding hydrogens is 240 g/mol. The summed E-state index contributed by atoms with van der Waals surface area (Å²) in [6.45, 7) is 5.13. The molecule has 0 heterocycles. The molecular formula is C11H20N2O5. The van der Waals surface area contributed by atoms with Gasteiger partial charge < -0.3 is 20.1 Å². The molecule has 0 aliphatic heterocycles. The summed E-state index contributed by atoms with van der Waals surface area (Å²) >= 11 is 0. The highest BCUT2D eigenvalue weighted by atomic mass is 16.5. The monoisotopic (exact) mass is 260 g/mol. The Labute approximate surface area is 106 Å². The van der Waals surface area contributed by atoms with Gasteiger partial charge in [0, 0.05) is 6.54 Å². The molecule has 1 atom stereocenters. The Morgan fingerprint density at radius 1 is 1.33 bits per heavy atom. The molecule has 0 saturated carbocycles. The molecule has 0 spiro atoms. The molecule has 0 aromatic heterocycles. The first-order valence-corrected chi connectivity index (χ1v) is 5.86. The number of carboxylic acid groups (broad SMARTS) is 1. The SMILES string of the molecule is CCCN(CC(=O)O)C(=O)NC(C)C(=O)OCC. The van der Waals surface area contributed by atoms with Crippen molar-refractivity contribution in [2.45, 2.75) is 33.2 Å². The zero-order valence-electron chi connectivity index (χ0n) is 10.9. The fraction of sp³-hybridized carbons (Fsp3) is 0.727. The van der Waals surface area contributed by atoms with Gasteiger partial charge in [-0.05, 0) is 20.3 Å². The zero-order valence-corrected chi connectivity index (χ0v) is 10.9. The van der Waals surface area contributed by atoms with E-state index in [4.69, 9.17) is 9.84 Å². The average molecular weight is 260 g/mol. The lowest BCUT2D eigenvalue weighted by atomic mass is 10.3. The predicted molar refractivity (Wildman–Crippen MR) is 64.1 cm³/mol.